The van der Waals surface area contributed by atoms with Crippen LogP contribution >= 0.6 is 12.2 Å². The molecule has 1 aromatic carbocycles. The van der Waals surface area contributed by atoms with Crippen molar-refractivity contribution in [3.63, 3.8) is 0 Å². The summed E-state index contributed by atoms with van der Waals surface area (Å²) in [6.45, 7) is 2.24. The number of amides is 1. The highest BCUT2D eigenvalue weighted by Crippen LogP contribution is 2.23. The van der Waals surface area contributed by atoms with Crippen LogP contribution in [0.5, 0.6) is 0 Å². The van der Waals surface area contributed by atoms with Gasteiger partial charge in [0.1, 0.15) is 4.99 Å². The molecule has 1 rings (SSSR count). The third kappa shape index (κ3) is 3.17. The first kappa shape index (κ1) is 13.4. The Bertz CT molecular complexity index is 445. The number of thiocarbonyl (C=S) groups is 1. The van der Waals surface area contributed by atoms with Gasteiger partial charge in [0.05, 0.1) is 12.2 Å². The highest BCUT2D eigenvalue weighted by molar-refractivity contribution is 7.80. The van der Waals surface area contributed by atoms with Crippen LogP contribution in [0.15, 0.2) is 18.2 Å². The van der Waals surface area contributed by atoms with Crippen molar-refractivity contribution in [1.82, 2.24) is 5.32 Å². The lowest BCUT2D eigenvalue weighted by Crippen LogP contribution is -2.34. The fourth-order valence-corrected chi connectivity index (χ4v) is 1.90. The van der Waals surface area contributed by atoms with Gasteiger partial charge in [-0.25, -0.2) is 0 Å². The number of rotatable bonds is 4. The fourth-order valence-electron chi connectivity index (χ4n) is 1.74. The summed E-state index contributed by atoms with van der Waals surface area (Å²) in [5.41, 5.74) is 8.44. The molecule has 0 fully saturated rings. The second-order valence-electron chi connectivity index (χ2n) is 3.86. The predicted octanol–water partition coefficient (Wildman–Crippen LogP) is 0.811. The first-order chi connectivity index (χ1) is 7.97. The molecule has 0 unspecified atom stereocenters. The van der Waals surface area contributed by atoms with Gasteiger partial charge in [0.25, 0.3) is 0 Å². The van der Waals surface area contributed by atoms with Gasteiger partial charge in [0.15, 0.2) is 0 Å². The molecule has 0 saturated carbocycles. The van der Waals surface area contributed by atoms with E-state index >= 15 is 0 Å². The van der Waals surface area contributed by atoms with Crippen LogP contribution in [0.2, 0.25) is 0 Å². The lowest BCUT2D eigenvalue weighted by molar-refractivity contribution is -0.119. The van der Waals surface area contributed by atoms with Crippen LogP contribution in [0.4, 0.5) is 5.69 Å². The first-order valence-electron chi connectivity index (χ1n) is 5.28. The molecule has 92 valence electrons. The highest BCUT2D eigenvalue weighted by atomic mass is 32.1. The molecule has 1 aromatic rings. The van der Waals surface area contributed by atoms with Gasteiger partial charge >= 0.3 is 0 Å². The zero-order valence-corrected chi connectivity index (χ0v) is 11.1. The molecular formula is C12H17N3OS. The van der Waals surface area contributed by atoms with Gasteiger partial charge in [-0.3, -0.25) is 4.79 Å². The van der Waals surface area contributed by atoms with Crippen molar-refractivity contribution in [2.75, 3.05) is 25.5 Å². The van der Waals surface area contributed by atoms with Crippen molar-refractivity contribution in [3.05, 3.63) is 29.3 Å². The summed E-state index contributed by atoms with van der Waals surface area (Å²) in [6.07, 6.45) is 0. The second kappa shape index (κ2) is 5.63. The van der Waals surface area contributed by atoms with Crippen molar-refractivity contribution in [3.8, 4) is 0 Å². The smallest absolute Gasteiger partial charge is 0.239 e. The summed E-state index contributed by atoms with van der Waals surface area (Å²) in [6, 6.07) is 5.74. The molecule has 0 aliphatic heterocycles. The Morgan fingerprint density at radius 1 is 1.53 bits per heavy atom. The van der Waals surface area contributed by atoms with E-state index in [-0.39, 0.29) is 12.5 Å². The molecule has 0 atom stereocenters. The van der Waals surface area contributed by atoms with Crippen LogP contribution < -0.4 is 16.0 Å². The largest absolute Gasteiger partial charge is 0.389 e. The van der Waals surface area contributed by atoms with Gasteiger partial charge in [-0.05, 0) is 18.6 Å². The number of aryl methyl sites for hydroxylation is 1. The normalized spacial score (nSPS) is 9.82. The number of para-hydroxylation sites is 1. The molecular weight excluding hydrogens is 234 g/mol. The summed E-state index contributed by atoms with van der Waals surface area (Å²) >= 11 is 5.02. The van der Waals surface area contributed by atoms with E-state index in [4.69, 9.17) is 18.0 Å². The minimum absolute atomic E-state index is 0.0513. The molecule has 0 aliphatic carbocycles. The summed E-state index contributed by atoms with van der Waals surface area (Å²) < 4.78 is 0. The lowest BCUT2D eigenvalue weighted by atomic mass is 10.1. The molecule has 4 nitrogen and oxygen atoms in total. The van der Waals surface area contributed by atoms with Crippen LogP contribution in [0.3, 0.4) is 0 Å². The third-order valence-corrected chi connectivity index (χ3v) is 2.76. The molecule has 0 spiro atoms. The summed E-state index contributed by atoms with van der Waals surface area (Å²) in [5, 5.41) is 2.59. The number of benzene rings is 1. The van der Waals surface area contributed by atoms with E-state index in [2.05, 4.69) is 5.32 Å². The van der Waals surface area contributed by atoms with Gasteiger partial charge in [0, 0.05) is 19.7 Å². The molecule has 17 heavy (non-hydrogen) atoms. The molecule has 0 aromatic heterocycles. The zero-order chi connectivity index (χ0) is 13.0. The molecule has 0 bridgehead atoms. The quantitative estimate of drug-likeness (QED) is 0.778. The molecule has 0 aliphatic rings. The Morgan fingerprint density at radius 2 is 2.18 bits per heavy atom. The molecule has 0 saturated heterocycles. The number of hydrogen-bond donors (Lipinski definition) is 2. The number of nitrogens with zero attached hydrogens (tertiary/aromatic N) is 1. The van der Waals surface area contributed by atoms with Crippen molar-refractivity contribution in [1.29, 1.82) is 0 Å². The van der Waals surface area contributed by atoms with Crippen molar-refractivity contribution >= 4 is 28.8 Å². The molecule has 3 N–H and O–H groups in total. The minimum atomic E-state index is -0.0513. The SMILES string of the molecule is CNC(=O)CN(C)c1c(C)cccc1C(N)=S. The van der Waals surface area contributed by atoms with Crippen molar-refractivity contribution < 1.29 is 4.79 Å². The van der Waals surface area contributed by atoms with Crippen LogP contribution in [-0.2, 0) is 4.79 Å². The predicted molar refractivity (Wildman–Crippen MR) is 74.4 cm³/mol. The highest BCUT2D eigenvalue weighted by Gasteiger charge is 2.14. The molecule has 0 radical (unpaired) electrons. The zero-order valence-electron chi connectivity index (χ0n) is 10.3. The van der Waals surface area contributed by atoms with E-state index in [1.54, 1.807) is 7.05 Å². The monoisotopic (exact) mass is 251 g/mol. The maximum atomic E-state index is 11.4. The van der Waals surface area contributed by atoms with Crippen molar-refractivity contribution in [2.24, 2.45) is 5.73 Å². The summed E-state index contributed by atoms with van der Waals surface area (Å²) in [4.78, 5) is 13.6. The van der Waals surface area contributed by atoms with Gasteiger partial charge in [-0.2, -0.15) is 0 Å². The molecule has 1 amide bonds. The van der Waals surface area contributed by atoms with E-state index < -0.39 is 0 Å². The maximum absolute atomic E-state index is 11.4. The van der Waals surface area contributed by atoms with E-state index in [0.29, 0.717) is 4.99 Å². The molecule has 0 heterocycles. The summed E-state index contributed by atoms with van der Waals surface area (Å²) in [5.74, 6) is -0.0513. The Balaban J connectivity index is 3.11. The number of hydrogen-bond acceptors (Lipinski definition) is 3. The standard InChI is InChI=1S/C12H17N3OS/c1-8-5-4-6-9(12(13)17)11(8)15(3)7-10(16)14-2/h4-6H,7H2,1-3H3,(H2,13,17)(H,14,16). The number of carbonyl (C=O) groups is 1. The average Bonchev–Trinajstić information content (AvgIpc) is 2.28. The van der Waals surface area contributed by atoms with Crippen LogP contribution in [-0.4, -0.2) is 31.5 Å². The van der Waals surface area contributed by atoms with E-state index in [1.807, 2.05) is 37.1 Å². The van der Waals surface area contributed by atoms with E-state index in [0.717, 1.165) is 16.8 Å². The third-order valence-electron chi connectivity index (χ3n) is 2.54. The number of nitrogens with one attached hydrogen (secondary N) is 1. The Morgan fingerprint density at radius 3 is 2.71 bits per heavy atom. The fraction of sp³-hybridized carbons (Fsp3) is 0.333. The second-order valence-corrected chi connectivity index (χ2v) is 4.30. The number of likely N-dealkylation sites (N-methyl/N-ethyl adjacent to an activating group) is 2. The van der Waals surface area contributed by atoms with Crippen LogP contribution in [0, 0.1) is 6.92 Å². The maximum Gasteiger partial charge on any atom is 0.239 e. The average molecular weight is 251 g/mol. The van der Waals surface area contributed by atoms with Crippen molar-refractivity contribution in [2.45, 2.75) is 6.92 Å². The number of carbonyl (C=O) groups excluding carboxylic acids is 1. The Labute approximate surface area is 107 Å². The lowest BCUT2D eigenvalue weighted by Gasteiger charge is -2.23. The molecule has 5 heteroatoms. The van der Waals surface area contributed by atoms with Crippen LogP contribution in [0.25, 0.3) is 0 Å². The minimum Gasteiger partial charge on any atom is -0.389 e. The topological polar surface area (TPSA) is 58.4 Å². The van der Waals surface area contributed by atoms with Crippen LogP contribution in [0.1, 0.15) is 11.1 Å². The van der Waals surface area contributed by atoms with Gasteiger partial charge < -0.3 is 16.0 Å². The number of anilines is 1. The van der Waals surface area contributed by atoms with Gasteiger partial charge in [-0.1, -0.05) is 24.4 Å². The van der Waals surface area contributed by atoms with E-state index in [9.17, 15) is 4.79 Å². The van der Waals surface area contributed by atoms with Gasteiger partial charge in [-0.15, -0.1) is 0 Å². The Hall–Kier alpha value is -1.62. The van der Waals surface area contributed by atoms with E-state index in [1.165, 1.54) is 0 Å². The number of nitrogens with two attached hydrogens (primary N) is 1. The van der Waals surface area contributed by atoms with Gasteiger partial charge in [0.2, 0.25) is 5.91 Å². The Kier molecular flexibility index (Phi) is 4.45. The summed E-state index contributed by atoms with van der Waals surface area (Å²) in [7, 11) is 3.46. The first-order valence-corrected chi connectivity index (χ1v) is 5.69.